The van der Waals surface area contributed by atoms with Crippen LogP contribution in [0, 0.1) is 14.9 Å². The van der Waals surface area contributed by atoms with E-state index in [2.05, 4.69) is 34.8 Å². The summed E-state index contributed by atoms with van der Waals surface area (Å²) in [5.41, 5.74) is 2.83. The van der Waals surface area contributed by atoms with Crippen LogP contribution in [0.3, 0.4) is 0 Å². The minimum Gasteiger partial charge on any atom is -0.321 e. The summed E-state index contributed by atoms with van der Waals surface area (Å²) in [6.45, 7) is 2.07. The standard InChI is InChI=1S/C18H15IN2O/c1-2-13-7-9-16(10-8-13)21-18(22)15(12-20)11-14-5-3-4-6-17(14)19/h3-11H,2H2,1H3,(H,21,22)/b15-11-. The highest BCUT2D eigenvalue weighted by atomic mass is 127. The predicted octanol–water partition coefficient (Wildman–Crippen LogP) is 4.40. The Balaban J connectivity index is 2.19. The third-order valence-electron chi connectivity index (χ3n) is 3.19. The molecule has 0 aliphatic rings. The van der Waals surface area contributed by atoms with Crippen LogP contribution in [-0.4, -0.2) is 5.91 Å². The maximum Gasteiger partial charge on any atom is 0.266 e. The number of aryl methyl sites for hydroxylation is 1. The summed E-state index contributed by atoms with van der Waals surface area (Å²) in [5, 5.41) is 12.0. The summed E-state index contributed by atoms with van der Waals surface area (Å²) in [4.78, 5) is 12.2. The summed E-state index contributed by atoms with van der Waals surface area (Å²) in [6, 6.07) is 17.2. The van der Waals surface area contributed by atoms with E-state index in [1.807, 2.05) is 54.6 Å². The third kappa shape index (κ3) is 4.18. The Kier molecular flexibility index (Phi) is 5.73. The Morgan fingerprint density at radius 1 is 1.23 bits per heavy atom. The van der Waals surface area contributed by atoms with Crippen molar-refractivity contribution in [1.82, 2.24) is 0 Å². The van der Waals surface area contributed by atoms with Crippen LogP contribution in [-0.2, 0) is 11.2 Å². The zero-order valence-corrected chi connectivity index (χ0v) is 14.3. The number of hydrogen-bond donors (Lipinski definition) is 1. The van der Waals surface area contributed by atoms with Gasteiger partial charge in [0.25, 0.3) is 5.91 Å². The molecule has 2 rings (SSSR count). The van der Waals surface area contributed by atoms with E-state index in [1.165, 1.54) is 5.56 Å². The van der Waals surface area contributed by atoms with Gasteiger partial charge in [-0.05, 0) is 64.4 Å². The van der Waals surface area contributed by atoms with E-state index in [9.17, 15) is 10.1 Å². The van der Waals surface area contributed by atoms with Gasteiger partial charge in [0.05, 0.1) is 0 Å². The summed E-state index contributed by atoms with van der Waals surface area (Å²) in [7, 11) is 0. The first-order chi connectivity index (χ1) is 10.6. The Morgan fingerprint density at radius 3 is 2.50 bits per heavy atom. The molecule has 1 amide bonds. The van der Waals surface area contributed by atoms with E-state index in [-0.39, 0.29) is 5.57 Å². The number of nitrogens with zero attached hydrogens (tertiary/aromatic N) is 1. The lowest BCUT2D eigenvalue weighted by atomic mass is 10.1. The third-order valence-corrected chi connectivity index (χ3v) is 4.17. The molecule has 2 aromatic rings. The van der Waals surface area contributed by atoms with Crippen LogP contribution in [0.4, 0.5) is 5.69 Å². The fraction of sp³-hybridized carbons (Fsp3) is 0.111. The molecular formula is C18H15IN2O. The topological polar surface area (TPSA) is 52.9 Å². The molecule has 110 valence electrons. The van der Waals surface area contributed by atoms with Crippen molar-refractivity contribution in [3.8, 4) is 6.07 Å². The van der Waals surface area contributed by atoms with Gasteiger partial charge >= 0.3 is 0 Å². The smallest absolute Gasteiger partial charge is 0.266 e. The maximum atomic E-state index is 12.2. The fourth-order valence-electron chi connectivity index (χ4n) is 1.92. The lowest BCUT2D eigenvalue weighted by Crippen LogP contribution is -2.13. The average molecular weight is 402 g/mol. The second kappa shape index (κ2) is 7.76. The largest absolute Gasteiger partial charge is 0.321 e. The first-order valence-electron chi connectivity index (χ1n) is 6.90. The Labute approximate surface area is 143 Å². The highest BCUT2D eigenvalue weighted by Gasteiger charge is 2.10. The number of hydrogen-bond acceptors (Lipinski definition) is 2. The molecule has 1 N–H and O–H groups in total. The van der Waals surface area contributed by atoms with Crippen molar-refractivity contribution < 1.29 is 4.79 Å². The number of halogens is 1. The summed E-state index contributed by atoms with van der Waals surface area (Å²) in [6.07, 6.45) is 2.56. The minimum atomic E-state index is -0.397. The highest BCUT2D eigenvalue weighted by Crippen LogP contribution is 2.16. The molecule has 0 unspecified atom stereocenters. The zero-order chi connectivity index (χ0) is 15.9. The first kappa shape index (κ1) is 16.2. The molecule has 22 heavy (non-hydrogen) atoms. The van der Waals surface area contributed by atoms with Gasteiger partial charge in [0, 0.05) is 9.26 Å². The second-order valence-corrected chi connectivity index (χ2v) is 5.86. The Bertz CT molecular complexity index is 742. The van der Waals surface area contributed by atoms with Crippen molar-refractivity contribution in [1.29, 1.82) is 5.26 Å². The number of nitrogens with one attached hydrogen (secondary N) is 1. The molecule has 0 fully saturated rings. The van der Waals surface area contributed by atoms with E-state index in [1.54, 1.807) is 6.08 Å². The van der Waals surface area contributed by atoms with Crippen molar-refractivity contribution in [2.45, 2.75) is 13.3 Å². The molecule has 0 saturated carbocycles. The van der Waals surface area contributed by atoms with Crippen LogP contribution in [0.2, 0.25) is 0 Å². The van der Waals surface area contributed by atoms with E-state index in [0.29, 0.717) is 5.69 Å². The van der Waals surface area contributed by atoms with Gasteiger partial charge in [-0.2, -0.15) is 5.26 Å². The first-order valence-corrected chi connectivity index (χ1v) is 7.98. The van der Waals surface area contributed by atoms with Crippen molar-refractivity contribution in [3.63, 3.8) is 0 Å². The number of benzene rings is 2. The quantitative estimate of drug-likeness (QED) is 0.468. The Morgan fingerprint density at radius 2 is 1.91 bits per heavy atom. The van der Waals surface area contributed by atoms with Gasteiger partial charge in [0.2, 0.25) is 0 Å². The van der Waals surface area contributed by atoms with Gasteiger partial charge in [-0.15, -0.1) is 0 Å². The molecule has 3 nitrogen and oxygen atoms in total. The van der Waals surface area contributed by atoms with E-state index < -0.39 is 5.91 Å². The molecule has 0 aliphatic heterocycles. The molecule has 0 saturated heterocycles. The average Bonchev–Trinajstić information content (AvgIpc) is 2.54. The molecule has 0 radical (unpaired) electrons. The molecule has 0 heterocycles. The number of anilines is 1. The molecule has 2 aromatic carbocycles. The molecular weight excluding hydrogens is 387 g/mol. The lowest BCUT2D eigenvalue weighted by molar-refractivity contribution is -0.112. The second-order valence-electron chi connectivity index (χ2n) is 4.70. The lowest BCUT2D eigenvalue weighted by Gasteiger charge is -2.05. The van der Waals surface area contributed by atoms with Crippen molar-refractivity contribution in [2.75, 3.05) is 5.32 Å². The molecule has 0 bridgehead atoms. The highest BCUT2D eigenvalue weighted by molar-refractivity contribution is 14.1. The molecule has 0 spiro atoms. The molecule has 0 aliphatic carbocycles. The van der Waals surface area contributed by atoms with Gasteiger partial charge in [-0.1, -0.05) is 37.3 Å². The Hall–Kier alpha value is -2.13. The number of carbonyl (C=O) groups excluding carboxylic acids is 1. The number of carbonyl (C=O) groups is 1. The van der Waals surface area contributed by atoms with E-state index >= 15 is 0 Å². The van der Waals surface area contributed by atoms with Gasteiger partial charge in [-0.3, -0.25) is 4.79 Å². The van der Waals surface area contributed by atoms with Crippen LogP contribution in [0.1, 0.15) is 18.1 Å². The summed E-state index contributed by atoms with van der Waals surface area (Å²) >= 11 is 2.18. The van der Waals surface area contributed by atoms with Crippen LogP contribution >= 0.6 is 22.6 Å². The molecule has 4 heteroatoms. The minimum absolute atomic E-state index is 0.0867. The van der Waals surface area contributed by atoms with Crippen LogP contribution in [0.15, 0.2) is 54.1 Å². The SMILES string of the molecule is CCc1ccc(NC(=O)/C(C#N)=C\c2ccccc2I)cc1. The van der Waals surface area contributed by atoms with E-state index in [4.69, 9.17) is 0 Å². The monoisotopic (exact) mass is 402 g/mol. The van der Waals surface area contributed by atoms with Gasteiger partial charge < -0.3 is 5.32 Å². The van der Waals surface area contributed by atoms with Crippen LogP contribution < -0.4 is 5.32 Å². The van der Waals surface area contributed by atoms with Crippen LogP contribution in [0.5, 0.6) is 0 Å². The number of amides is 1. The fourth-order valence-corrected chi connectivity index (χ4v) is 2.46. The van der Waals surface area contributed by atoms with Gasteiger partial charge in [-0.25, -0.2) is 0 Å². The zero-order valence-electron chi connectivity index (χ0n) is 12.1. The van der Waals surface area contributed by atoms with Gasteiger partial charge in [0.15, 0.2) is 0 Å². The molecule has 0 aromatic heterocycles. The van der Waals surface area contributed by atoms with Gasteiger partial charge in [0.1, 0.15) is 11.6 Å². The van der Waals surface area contributed by atoms with Crippen molar-refractivity contribution in [3.05, 3.63) is 68.8 Å². The summed E-state index contributed by atoms with van der Waals surface area (Å²) in [5.74, 6) is -0.397. The summed E-state index contributed by atoms with van der Waals surface area (Å²) < 4.78 is 0.993. The van der Waals surface area contributed by atoms with Crippen molar-refractivity contribution in [2.24, 2.45) is 0 Å². The van der Waals surface area contributed by atoms with E-state index in [0.717, 1.165) is 15.6 Å². The number of rotatable bonds is 4. The maximum absolute atomic E-state index is 12.2. The van der Waals surface area contributed by atoms with Crippen LogP contribution in [0.25, 0.3) is 6.08 Å². The van der Waals surface area contributed by atoms with Crippen molar-refractivity contribution >= 4 is 40.3 Å². The predicted molar refractivity (Wildman–Crippen MR) is 97.2 cm³/mol. The molecule has 0 atom stereocenters. The normalized spacial score (nSPS) is 10.9. The number of nitriles is 1.